The normalized spacial score (nSPS) is 33.6. The van der Waals surface area contributed by atoms with Gasteiger partial charge in [0.2, 0.25) is 6.29 Å². The predicted octanol–water partition coefficient (Wildman–Crippen LogP) is -1.01. The summed E-state index contributed by atoms with van der Waals surface area (Å²) in [6.07, 6.45) is -3.69. The van der Waals surface area contributed by atoms with E-state index in [2.05, 4.69) is 6.58 Å². The summed E-state index contributed by atoms with van der Waals surface area (Å²) in [5.41, 5.74) is -0.815. The summed E-state index contributed by atoms with van der Waals surface area (Å²) in [5, 5.41) is 48.0. The van der Waals surface area contributed by atoms with E-state index in [1.807, 2.05) is 0 Å². The fraction of sp³-hybridized carbons (Fsp3) is 0.688. The highest BCUT2D eigenvalue weighted by molar-refractivity contribution is 5.87. The minimum absolute atomic E-state index is 0.229. The van der Waals surface area contributed by atoms with Gasteiger partial charge in [0.15, 0.2) is 0 Å². The summed E-state index contributed by atoms with van der Waals surface area (Å²) >= 11 is 0. The van der Waals surface area contributed by atoms with Crippen molar-refractivity contribution < 1.29 is 39.8 Å². The van der Waals surface area contributed by atoms with Crippen molar-refractivity contribution in [2.24, 2.45) is 0 Å². The lowest BCUT2D eigenvalue weighted by molar-refractivity contribution is -0.291. The second-order valence-electron chi connectivity index (χ2n) is 6.09. The maximum Gasteiger partial charge on any atom is 0.335 e. The molecule has 8 heteroatoms. The molecular weight excluding hydrogens is 320 g/mol. The largest absolute Gasteiger partial charge is 0.429 e. The number of rotatable bonds is 7. The first-order valence-corrected chi connectivity index (χ1v) is 7.67. The van der Waals surface area contributed by atoms with Crippen LogP contribution in [0.1, 0.15) is 26.7 Å². The number of hydrogen-bond acceptors (Lipinski definition) is 8. The van der Waals surface area contributed by atoms with Gasteiger partial charge in [-0.15, -0.1) is 6.58 Å². The average Bonchev–Trinajstić information content (AvgIpc) is 2.54. The molecule has 8 nitrogen and oxygen atoms in total. The number of ether oxygens (including phenoxy) is 2. The van der Waals surface area contributed by atoms with Crippen LogP contribution in [0.2, 0.25) is 0 Å². The molecule has 0 aromatic heterocycles. The van der Waals surface area contributed by atoms with Gasteiger partial charge in [0.1, 0.15) is 24.4 Å². The van der Waals surface area contributed by atoms with Crippen molar-refractivity contribution in [2.75, 3.05) is 6.61 Å². The lowest BCUT2D eigenvalue weighted by atomic mass is 9.99. The standard InChI is InChI=1S/C16H26O8/c1-4-16(3,22)7-5-6-9(2)14(21)24-15-13(20)12(19)11(18)10(8-17)23-15/h4,6,10-13,15,17-20,22H,1,5,7-8H2,2-3H3/b9-6+/t10-,11-,12+,13-,15+,16-/m1/s1. The maximum absolute atomic E-state index is 12.0. The lowest BCUT2D eigenvalue weighted by Crippen LogP contribution is -2.59. The van der Waals surface area contributed by atoms with Gasteiger partial charge in [-0.2, -0.15) is 0 Å². The minimum atomic E-state index is -1.64. The second kappa shape index (κ2) is 8.70. The van der Waals surface area contributed by atoms with Crippen LogP contribution < -0.4 is 0 Å². The van der Waals surface area contributed by atoms with Crippen LogP contribution in [0.4, 0.5) is 0 Å². The van der Waals surface area contributed by atoms with Gasteiger partial charge in [-0.05, 0) is 26.7 Å². The number of aliphatic hydroxyl groups is 5. The third kappa shape index (κ3) is 5.37. The van der Waals surface area contributed by atoms with E-state index in [0.717, 1.165) is 0 Å². The van der Waals surface area contributed by atoms with Gasteiger partial charge in [0, 0.05) is 5.57 Å². The zero-order valence-electron chi connectivity index (χ0n) is 13.8. The number of carbonyl (C=O) groups is 1. The Morgan fingerprint density at radius 1 is 1.29 bits per heavy atom. The summed E-state index contributed by atoms with van der Waals surface area (Å²) in [5.74, 6) is -0.780. The fourth-order valence-corrected chi connectivity index (χ4v) is 2.13. The van der Waals surface area contributed by atoms with E-state index < -0.39 is 48.9 Å². The van der Waals surface area contributed by atoms with Crippen LogP contribution in [0.3, 0.4) is 0 Å². The molecule has 1 rings (SSSR count). The zero-order chi connectivity index (χ0) is 18.5. The first kappa shape index (κ1) is 20.8. The first-order chi connectivity index (χ1) is 11.1. The Hall–Kier alpha value is -1.29. The molecule has 0 saturated carbocycles. The Kier molecular flexibility index (Phi) is 7.53. The molecule has 1 heterocycles. The monoisotopic (exact) mass is 346 g/mol. The Bertz CT molecular complexity index is 471. The summed E-state index contributed by atoms with van der Waals surface area (Å²) < 4.78 is 10.1. The van der Waals surface area contributed by atoms with Crippen molar-refractivity contribution in [3.63, 3.8) is 0 Å². The zero-order valence-corrected chi connectivity index (χ0v) is 13.8. The topological polar surface area (TPSA) is 137 Å². The smallest absolute Gasteiger partial charge is 0.335 e. The molecule has 0 spiro atoms. The second-order valence-corrected chi connectivity index (χ2v) is 6.09. The molecule has 138 valence electrons. The van der Waals surface area contributed by atoms with E-state index in [4.69, 9.17) is 14.6 Å². The van der Waals surface area contributed by atoms with Crippen LogP contribution in [0.25, 0.3) is 0 Å². The van der Waals surface area contributed by atoms with Crippen molar-refractivity contribution in [3.8, 4) is 0 Å². The van der Waals surface area contributed by atoms with Crippen LogP contribution >= 0.6 is 0 Å². The quantitative estimate of drug-likeness (QED) is 0.225. The molecule has 0 aromatic carbocycles. The number of carbonyl (C=O) groups excluding carboxylic acids is 1. The van der Waals surface area contributed by atoms with Crippen molar-refractivity contribution >= 4 is 5.97 Å². The van der Waals surface area contributed by atoms with E-state index in [9.17, 15) is 25.2 Å². The summed E-state index contributed by atoms with van der Waals surface area (Å²) in [4.78, 5) is 12.0. The van der Waals surface area contributed by atoms with Crippen molar-refractivity contribution in [1.82, 2.24) is 0 Å². The van der Waals surface area contributed by atoms with E-state index in [1.165, 1.54) is 13.0 Å². The van der Waals surface area contributed by atoms with Gasteiger partial charge >= 0.3 is 5.97 Å². The molecule has 1 aliphatic rings. The number of hydrogen-bond donors (Lipinski definition) is 5. The van der Waals surface area contributed by atoms with Gasteiger partial charge in [-0.25, -0.2) is 4.79 Å². The molecule has 24 heavy (non-hydrogen) atoms. The summed E-state index contributed by atoms with van der Waals surface area (Å²) in [6.45, 7) is 5.99. The van der Waals surface area contributed by atoms with Crippen LogP contribution in [0.15, 0.2) is 24.3 Å². The maximum atomic E-state index is 12.0. The molecule has 0 radical (unpaired) electrons. The predicted molar refractivity (Wildman–Crippen MR) is 83.7 cm³/mol. The Balaban J connectivity index is 2.63. The average molecular weight is 346 g/mol. The third-order valence-corrected chi connectivity index (χ3v) is 3.93. The van der Waals surface area contributed by atoms with E-state index >= 15 is 0 Å². The fourth-order valence-electron chi connectivity index (χ4n) is 2.13. The van der Waals surface area contributed by atoms with E-state index in [0.29, 0.717) is 12.8 Å². The molecule has 1 saturated heterocycles. The first-order valence-electron chi connectivity index (χ1n) is 7.67. The van der Waals surface area contributed by atoms with Gasteiger partial charge in [-0.3, -0.25) is 0 Å². The Morgan fingerprint density at radius 2 is 1.92 bits per heavy atom. The molecule has 0 bridgehead atoms. The Morgan fingerprint density at radius 3 is 2.46 bits per heavy atom. The Labute approximate surface area is 140 Å². The SMILES string of the molecule is C=C[C@@](C)(O)CC/C=C(\C)C(=O)O[C@@H]1O[C@H](CO)[C@@H](O)[C@H](O)[C@H]1O. The van der Waals surface area contributed by atoms with Crippen LogP contribution in [-0.2, 0) is 14.3 Å². The van der Waals surface area contributed by atoms with Crippen LogP contribution in [0.5, 0.6) is 0 Å². The van der Waals surface area contributed by atoms with Crippen molar-refractivity contribution in [3.05, 3.63) is 24.3 Å². The van der Waals surface area contributed by atoms with Gasteiger partial charge in [-0.1, -0.05) is 12.2 Å². The summed E-state index contributed by atoms with van der Waals surface area (Å²) in [6, 6.07) is 0. The molecule has 5 N–H and O–H groups in total. The van der Waals surface area contributed by atoms with E-state index in [1.54, 1.807) is 13.0 Å². The van der Waals surface area contributed by atoms with Gasteiger partial charge in [0.05, 0.1) is 12.2 Å². The van der Waals surface area contributed by atoms with Gasteiger partial charge in [0.25, 0.3) is 0 Å². The minimum Gasteiger partial charge on any atom is -0.429 e. The highest BCUT2D eigenvalue weighted by Gasteiger charge is 2.45. The molecule has 6 atom stereocenters. The van der Waals surface area contributed by atoms with E-state index in [-0.39, 0.29) is 5.57 Å². The molecular formula is C16H26O8. The molecule has 0 amide bonds. The van der Waals surface area contributed by atoms with Gasteiger partial charge < -0.3 is 35.0 Å². The highest BCUT2D eigenvalue weighted by atomic mass is 16.7. The van der Waals surface area contributed by atoms with Crippen molar-refractivity contribution in [2.45, 2.75) is 63.0 Å². The van der Waals surface area contributed by atoms with Crippen LogP contribution in [-0.4, -0.2) is 74.4 Å². The lowest BCUT2D eigenvalue weighted by Gasteiger charge is -2.39. The molecule has 0 aliphatic carbocycles. The molecule has 0 unspecified atom stereocenters. The molecule has 1 aliphatic heterocycles. The highest BCUT2D eigenvalue weighted by Crippen LogP contribution is 2.23. The number of esters is 1. The number of allylic oxidation sites excluding steroid dienone is 1. The number of aliphatic hydroxyl groups excluding tert-OH is 4. The summed E-state index contributed by atoms with van der Waals surface area (Å²) in [7, 11) is 0. The van der Waals surface area contributed by atoms with Crippen LogP contribution in [0, 0.1) is 0 Å². The van der Waals surface area contributed by atoms with Crippen molar-refractivity contribution in [1.29, 1.82) is 0 Å². The third-order valence-electron chi connectivity index (χ3n) is 3.93. The molecule has 1 fully saturated rings. The molecule has 0 aromatic rings.